The van der Waals surface area contributed by atoms with Crippen molar-refractivity contribution in [1.29, 1.82) is 0 Å². The fraction of sp³-hybridized carbons (Fsp3) is 0.419. The van der Waals surface area contributed by atoms with Crippen LogP contribution in [0.25, 0.3) is 17.0 Å². The predicted octanol–water partition coefficient (Wildman–Crippen LogP) is 3.58. The molecule has 0 unspecified atom stereocenters. The van der Waals surface area contributed by atoms with E-state index in [-0.39, 0.29) is 30.1 Å². The number of carbonyl (C=O) groups excluding carboxylic acids is 3. The molecule has 11 nitrogen and oxygen atoms in total. The number of imidazole rings is 1. The second kappa shape index (κ2) is 13.9. The maximum absolute atomic E-state index is 13.8. The highest BCUT2D eigenvalue weighted by molar-refractivity contribution is 7.98. The Morgan fingerprint density at radius 2 is 1.88 bits per heavy atom. The molecule has 1 aromatic carbocycles. The van der Waals surface area contributed by atoms with Gasteiger partial charge in [-0.05, 0) is 42.9 Å². The number of thioether (sulfide) groups is 1. The van der Waals surface area contributed by atoms with Crippen LogP contribution in [0.2, 0.25) is 0 Å². The topological polar surface area (TPSA) is 127 Å². The molecule has 2 N–H and O–H groups in total. The van der Waals surface area contributed by atoms with Gasteiger partial charge in [-0.3, -0.25) is 14.4 Å². The Balaban J connectivity index is 1.51. The third-order valence-electron chi connectivity index (χ3n) is 7.57. The first kappa shape index (κ1) is 30.3. The molecule has 4 heterocycles. The molecule has 1 aliphatic heterocycles. The average Bonchev–Trinajstić information content (AvgIpc) is 3.66. The third kappa shape index (κ3) is 7.24. The molecule has 1 aliphatic rings. The number of rotatable bonds is 6. The molecule has 0 aliphatic carbocycles. The quantitative estimate of drug-likeness (QED) is 0.346. The van der Waals surface area contributed by atoms with Gasteiger partial charge in [0.05, 0.1) is 18.2 Å². The summed E-state index contributed by atoms with van der Waals surface area (Å²) in [5.74, 6) is 1.29. The van der Waals surface area contributed by atoms with E-state index in [0.29, 0.717) is 49.7 Å². The van der Waals surface area contributed by atoms with Gasteiger partial charge in [0.15, 0.2) is 11.6 Å². The van der Waals surface area contributed by atoms with Gasteiger partial charge in [0.1, 0.15) is 11.7 Å². The molecule has 3 aromatic heterocycles. The highest BCUT2D eigenvalue weighted by atomic mass is 32.2. The van der Waals surface area contributed by atoms with Crippen LogP contribution in [0.4, 0.5) is 0 Å². The number of hydrogen-bond acceptors (Lipinski definition) is 7. The number of fused-ring (bicyclic) bond motifs is 2. The maximum Gasteiger partial charge on any atom is 0.255 e. The van der Waals surface area contributed by atoms with Crippen molar-refractivity contribution in [3.63, 3.8) is 0 Å². The first-order valence-electron chi connectivity index (χ1n) is 14.6. The number of amides is 3. The van der Waals surface area contributed by atoms with Crippen molar-refractivity contribution in [2.75, 3.05) is 25.1 Å². The van der Waals surface area contributed by atoms with E-state index in [1.807, 2.05) is 65.6 Å². The molecule has 0 saturated carbocycles. The predicted molar refractivity (Wildman–Crippen MR) is 166 cm³/mol. The summed E-state index contributed by atoms with van der Waals surface area (Å²) < 4.78 is 3.63. The second-order valence-corrected chi connectivity index (χ2v) is 12.0. The molecule has 12 heteroatoms. The van der Waals surface area contributed by atoms with Crippen molar-refractivity contribution < 1.29 is 14.4 Å². The summed E-state index contributed by atoms with van der Waals surface area (Å²) in [6.45, 7) is 5.14. The van der Waals surface area contributed by atoms with Gasteiger partial charge in [0.25, 0.3) is 5.91 Å². The van der Waals surface area contributed by atoms with Gasteiger partial charge in [-0.1, -0.05) is 44.2 Å². The number of hydrogen-bond donors (Lipinski definition) is 2. The average molecular weight is 603 g/mol. The molecule has 0 fully saturated rings. The largest absolute Gasteiger partial charge is 0.344 e. The van der Waals surface area contributed by atoms with Gasteiger partial charge in [0.2, 0.25) is 11.8 Å². The highest BCUT2D eigenvalue weighted by Crippen LogP contribution is 2.25. The minimum atomic E-state index is -0.672. The van der Waals surface area contributed by atoms with Crippen LogP contribution in [0.1, 0.15) is 55.3 Å². The van der Waals surface area contributed by atoms with Crippen molar-refractivity contribution in [2.24, 2.45) is 5.92 Å². The number of benzene rings is 1. The monoisotopic (exact) mass is 602 g/mol. The van der Waals surface area contributed by atoms with E-state index < -0.39 is 12.1 Å². The smallest absolute Gasteiger partial charge is 0.255 e. The van der Waals surface area contributed by atoms with Crippen LogP contribution in [0, 0.1) is 5.92 Å². The summed E-state index contributed by atoms with van der Waals surface area (Å²) in [6.07, 6.45) is 8.41. The Labute approximate surface area is 255 Å². The van der Waals surface area contributed by atoms with E-state index >= 15 is 0 Å². The lowest BCUT2D eigenvalue weighted by Gasteiger charge is -2.28. The lowest BCUT2D eigenvalue weighted by molar-refractivity contribution is -0.129. The number of carbonyl (C=O) groups is 3. The minimum Gasteiger partial charge on any atom is -0.344 e. The van der Waals surface area contributed by atoms with Crippen molar-refractivity contribution in [1.82, 2.24) is 39.7 Å². The molecule has 43 heavy (non-hydrogen) atoms. The van der Waals surface area contributed by atoms with Crippen molar-refractivity contribution in [2.45, 2.75) is 51.7 Å². The molecule has 5 rings (SSSR count). The van der Waals surface area contributed by atoms with Crippen LogP contribution in [-0.4, -0.2) is 77.9 Å². The summed E-state index contributed by atoms with van der Waals surface area (Å²) in [5.41, 5.74) is 2.15. The van der Waals surface area contributed by atoms with E-state index in [4.69, 9.17) is 10.1 Å². The second-order valence-electron chi connectivity index (χ2n) is 11.0. The molecule has 0 radical (unpaired) electrons. The summed E-state index contributed by atoms with van der Waals surface area (Å²) in [4.78, 5) is 51.3. The Kier molecular flexibility index (Phi) is 9.75. The van der Waals surface area contributed by atoms with Crippen molar-refractivity contribution >= 4 is 35.1 Å². The van der Waals surface area contributed by atoms with E-state index in [9.17, 15) is 14.4 Å². The number of nitrogens with one attached hydrogen (secondary N) is 2. The van der Waals surface area contributed by atoms with Gasteiger partial charge in [0, 0.05) is 43.7 Å². The van der Waals surface area contributed by atoms with Crippen LogP contribution in [0.5, 0.6) is 0 Å². The molecule has 3 amide bonds. The lowest BCUT2D eigenvalue weighted by Crippen LogP contribution is -2.49. The van der Waals surface area contributed by atoms with Gasteiger partial charge in [-0.15, -0.1) is 0 Å². The van der Waals surface area contributed by atoms with Crippen LogP contribution < -0.4 is 10.6 Å². The molecule has 4 aromatic rings. The molecule has 2 atom stereocenters. The normalized spacial score (nSPS) is 18.7. The SMILES string of the molecule is CSCC[C@@H]1NC(=O)CCCN(C(=O)c2ccc3nccn3c2)CCn2nc(-c3ccccc3)nc2[C@@H](C(C)C)NC1=O. The van der Waals surface area contributed by atoms with E-state index in [0.717, 1.165) is 17.0 Å². The van der Waals surface area contributed by atoms with Gasteiger partial charge >= 0.3 is 0 Å². The van der Waals surface area contributed by atoms with Crippen molar-refractivity contribution in [3.05, 3.63) is 72.4 Å². The summed E-state index contributed by atoms with van der Waals surface area (Å²) >= 11 is 1.63. The number of pyridine rings is 1. The summed E-state index contributed by atoms with van der Waals surface area (Å²) in [7, 11) is 0. The first-order valence-corrected chi connectivity index (χ1v) is 16.0. The van der Waals surface area contributed by atoms with Gasteiger partial charge in [-0.2, -0.15) is 16.9 Å². The van der Waals surface area contributed by atoms with Crippen LogP contribution >= 0.6 is 11.8 Å². The zero-order valence-electron chi connectivity index (χ0n) is 24.8. The summed E-state index contributed by atoms with van der Waals surface area (Å²) in [6, 6.07) is 12.2. The Bertz CT molecular complexity index is 1570. The van der Waals surface area contributed by atoms with Gasteiger partial charge < -0.3 is 19.9 Å². The zero-order chi connectivity index (χ0) is 30.3. The Hall–Kier alpha value is -4.19. The maximum atomic E-state index is 13.8. The fourth-order valence-electron chi connectivity index (χ4n) is 5.20. The Morgan fingerprint density at radius 3 is 2.65 bits per heavy atom. The van der Waals surface area contributed by atoms with E-state index in [1.54, 1.807) is 41.3 Å². The minimum absolute atomic E-state index is 0.0139. The summed E-state index contributed by atoms with van der Waals surface area (Å²) in [5, 5.41) is 11.0. The zero-order valence-corrected chi connectivity index (χ0v) is 25.6. The van der Waals surface area contributed by atoms with Crippen LogP contribution in [0.3, 0.4) is 0 Å². The molecular weight excluding hydrogens is 564 g/mol. The van der Waals surface area contributed by atoms with E-state index in [1.165, 1.54) is 0 Å². The number of nitrogens with zero attached hydrogens (tertiary/aromatic N) is 6. The molecule has 0 bridgehead atoms. The van der Waals surface area contributed by atoms with Crippen LogP contribution in [-0.2, 0) is 16.1 Å². The lowest BCUT2D eigenvalue weighted by atomic mass is 10.0. The standard InChI is InChI=1S/C31H38N8O3S/c1-21(2)27-29-35-28(22-8-5-4-6-9-22)36-39(29)18-17-37(31(42)23-11-12-25-32-14-16-38(25)20-23)15-7-10-26(40)33-24(13-19-43-3)30(41)34-27/h4-6,8-9,11-12,14,16,20-21,24,27H,7,10,13,15,17-19H2,1-3H3,(H,33,40)(H,34,41)/t24-,27+/m0/s1. The first-order chi connectivity index (χ1) is 20.8. The molecule has 226 valence electrons. The number of aromatic nitrogens is 5. The highest BCUT2D eigenvalue weighted by Gasteiger charge is 2.30. The van der Waals surface area contributed by atoms with E-state index in [2.05, 4.69) is 15.6 Å². The van der Waals surface area contributed by atoms with Gasteiger partial charge in [-0.25, -0.2) is 14.6 Å². The molecule has 0 saturated heterocycles. The third-order valence-corrected chi connectivity index (χ3v) is 8.22. The fourth-order valence-corrected chi connectivity index (χ4v) is 5.67. The van der Waals surface area contributed by atoms with Crippen molar-refractivity contribution in [3.8, 4) is 11.4 Å². The van der Waals surface area contributed by atoms with Crippen LogP contribution in [0.15, 0.2) is 61.1 Å². The Morgan fingerprint density at radius 1 is 1.07 bits per heavy atom. The molecule has 0 spiro atoms. The molecular formula is C31H38N8O3S.